The van der Waals surface area contributed by atoms with Gasteiger partial charge in [-0.05, 0) is 31.2 Å². The first kappa shape index (κ1) is 12.5. The smallest absolute Gasteiger partial charge is 0.227 e. The van der Waals surface area contributed by atoms with Gasteiger partial charge < -0.3 is 15.0 Å². The van der Waals surface area contributed by atoms with Gasteiger partial charge in [-0.3, -0.25) is 0 Å². The lowest BCUT2D eigenvalue weighted by Crippen LogP contribution is -2.16. The Morgan fingerprint density at radius 3 is 2.82 bits per heavy atom. The fourth-order valence-electron chi connectivity index (χ4n) is 2.02. The number of ether oxygens (including phenoxy) is 1. The molecule has 0 aliphatic heterocycles. The number of methoxy groups -OCH3 is 1. The highest BCUT2D eigenvalue weighted by atomic mass is 16.5. The minimum absolute atomic E-state index is 0.00505. The van der Waals surface area contributed by atoms with Crippen molar-refractivity contribution in [2.45, 2.75) is 38.7 Å². The zero-order chi connectivity index (χ0) is 12.3. The Morgan fingerprint density at radius 1 is 1.53 bits per heavy atom. The number of hydrogen-bond donors (Lipinski definition) is 1. The molecule has 1 aliphatic carbocycles. The lowest BCUT2D eigenvalue weighted by Gasteiger charge is -2.09. The second kappa shape index (κ2) is 5.60. The number of nitrogens with zero attached hydrogens (tertiary/aromatic N) is 2. The van der Waals surface area contributed by atoms with Crippen LogP contribution in [-0.2, 0) is 11.2 Å². The van der Waals surface area contributed by atoms with Crippen molar-refractivity contribution in [3.63, 3.8) is 0 Å². The Morgan fingerprint density at radius 2 is 2.29 bits per heavy atom. The first-order valence-electron chi connectivity index (χ1n) is 6.33. The molecule has 2 rings (SSSR count). The van der Waals surface area contributed by atoms with Gasteiger partial charge in [0.1, 0.15) is 6.10 Å². The molecule has 0 bridgehead atoms. The van der Waals surface area contributed by atoms with Crippen molar-refractivity contribution in [2.24, 2.45) is 17.6 Å². The van der Waals surface area contributed by atoms with E-state index in [1.165, 1.54) is 12.8 Å². The first-order valence-corrected chi connectivity index (χ1v) is 6.33. The molecular formula is C12H21N3O2. The van der Waals surface area contributed by atoms with Crippen molar-refractivity contribution in [3.8, 4) is 0 Å². The van der Waals surface area contributed by atoms with Gasteiger partial charge >= 0.3 is 0 Å². The van der Waals surface area contributed by atoms with E-state index < -0.39 is 0 Å². The molecule has 5 nitrogen and oxygen atoms in total. The van der Waals surface area contributed by atoms with Crippen LogP contribution < -0.4 is 5.73 Å². The van der Waals surface area contributed by atoms with Crippen LogP contribution in [-0.4, -0.2) is 23.8 Å². The molecule has 0 saturated heterocycles. The topological polar surface area (TPSA) is 74.2 Å². The molecule has 96 valence electrons. The Bertz CT molecular complexity index is 345. The lowest BCUT2D eigenvalue weighted by atomic mass is 10.0. The maximum atomic E-state index is 5.67. The van der Waals surface area contributed by atoms with E-state index in [0.29, 0.717) is 30.1 Å². The first-order chi connectivity index (χ1) is 8.28. The highest BCUT2D eigenvalue weighted by Crippen LogP contribution is 2.41. The maximum Gasteiger partial charge on any atom is 0.227 e. The van der Waals surface area contributed by atoms with Crippen LogP contribution in [0.15, 0.2) is 4.52 Å². The van der Waals surface area contributed by atoms with E-state index in [0.717, 1.165) is 12.8 Å². The van der Waals surface area contributed by atoms with Crippen LogP contribution in [0.5, 0.6) is 0 Å². The molecule has 17 heavy (non-hydrogen) atoms. The predicted octanol–water partition coefficient (Wildman–Crippen LogP) is 1.69. The maximum absolute atomic E-state index is 5.67. The van der Waals surface area contributed by atoms with Crippen molar-refractivity contribution in [2.75, 3.05) is 13.7 Å². The van der Waals surface area contributed by atoms with Crippen LogP contribution in [0, 0.1) is 11.8 Å². The summed E-state index contributed by atoms with van der Waals surface area (Å²) >= 11 is 0. The van der Waals surface area contributed by atoms with Crippen LogP contribution >= 0.6 is 0 Å². The highest BCUT2D eigenvalue weighted by Gasteiger charge is 2.35. The van der Waals surface area contributed by atoms with Crippen LogP contribution in [0.4, 0.5) is 0 Å². The summed E-state index contributed by atoms with van der Waals surface area (Å²) in [5.41, 5.74) is 5.67. The van der Waals surface area contributed by atoms with Gasteiger partial charge in [-0.1, -0.05) is 18.5 Å². The normalized spacial score (nSPS) is 19.2. The second-order valence-corrected chi connectivity index (χ2v) is 4.75. The summed E-state index contributed by atoms with van der Waals surface area (Å²) in [6, 6.07) is 0. The average molecular weight is 239 g/mol. The molecule has 1 aliphatic rings. The monoisotopic (exact) mass is 239 g/mol. The lowest BCUT2D eigenvalue weighted by molar-refractivity contribution is 0.0751. The molecule has 1 fully saturated rings. The zero-order valence-corrected chi connectivity index (χ0v) is 10.6. The highest BCUT2D eigenvalue weighted by molar-refractivity contribution is 4.98. The molecule has 0 aromatic carbocycles. The molecule has 1 aromatic rings. The Kier molecular flexibility index (Phi) is 4.12. The second-order valence-electron chi connectivity index (χ2n) is 4.75. The predicted molar refractivity (Wildman–Crippen MR) is 63.3 cm³/mol. The van der Waals surface area contributed by atoms with Crippen molar-refractivity contribution < 1.29 is 9.26 Å². The molecule has 1 aromatic heterocycles. The van der Waals surface area contributed by atoms with Gasteiger partial charge in [0.15, 0.2) is 0 Å². The van der Waals surface area contributed by atoms with E-state index >= 15 is 0 Å². The van der Waals surface area contributed by atoms with Crippen LogP contribution in [0.1, 0.15) is 44.0 Å². The zero-order valence-electron chi connectivity index (χ0n) is 10.6. The SMILES string of the molecule is CCC(CN)Cc1nc(C(OC)C2CC2)no1. The molecule has 1 saturated carbocycles. The van der Waals surface area contributed by atoms with E-state index in [1.54, 1.807) is 7.11 Å². The molecule has 0 amide bonds. The van der Waals surface area contributed by atoms with Crippen LogP contribution in [0.3, 0.4) is 0 Å². The van der Waals surface area contributed by atoms with Gasteiger partial charge in [0.05, 0.1) is 0 Å². The largest absolute Gasteiger partial charge is 0.373 e. The van der Waals surface area contributed by atoms with E-state index in [2.05, 4.69) is 17.1 Å². The molecule has 5 heteroatoms. The third kappa shape index (κ3) is 3.04. The van der Waals surface area contributed by atoms with E-state index in [-0.39, 0.29) is 6.10 Å². The average Bonchev–Trinajstić information content (AvgIpc) is 3.07. The standard InChI is InChI=1S/C12H21N3O2/c1-3-8(7-13)6-10-14-12(15-17-10)11(16-2)9-4-5-9/h8-9,11H,3-7,13H2,1-2H3. The van der Waals surface area contributed by atoms with Crippen molar-refractivity contribution in [1.29, 1.82) is 0 Å². The summed E-state index contributed by atoms with van der Waals surface area (Å²) in [6.45, 7) is 2.78. The summed E-state index contributed by atoms with van der Waals surface area (Å²) < 4.78 is 10.7. The minimum Gasteiger partial charge on any atom is -0.373 e. The molecule has 2 atom stereocenters. The summed E-state index contributed by atoms with van der Waals surface area (Å²) in [5, 5.41) is 4.02. The molecule has 2 N–H and O–H groups in total. The molecule has 0 spiro atoms. The molecule has 0 radical (unpaired) electrons. The van der Waals surface area contributed by atoms with Gasteiger partial charge in [-0.15, -0.1) is 0 Å². The molecular weight excluding hydrogens is 218 g/mol. The quantitative estimate of drug-likeness (QED) is 0.783. The van der Waals surface area contributed by atoms with Crippen LogP contribution in [0.2, 0.25) is 0 Å². The summed E-state index contributed by atoms with van der Waals surface area (Å²) in [5.74, 6) is 2.36. The summed E-state index contributed by atoms with van der Waals surface area (Å²) in [4.78, 5) is 4.42. The van der Waals surface area contributed by atoms with Crippen molar-refractivity contribution in [3.05, 3.63) is 11.7 Å². The van der Waals surface area contributed by atoms with Gasteiger partial charge in [0, 0.05) is 13.5 Å². The van der Waals surface area contributed by atoms with Gasteiger partial charge in [-0.25, -0.2) is 0 Å². The molecule has 2 unspecified atom stereocenters. The number of hydrogen-bond acceptors (Lipinski definition) is 5. The number of rotatable bonds is 7. The Labute approximate surface area is 102 Å². The fourth-order valence-corrected chi connectivity index (χ4v) is 2.02. The van der Waals surface area contributed by atoms with Gasteiger partial charge in [0.25, 0.3) is 0 Å². The van der Waals surface area contributed by atoms with E-state index in [1.807, 2.05) is 0 Å². The third-order valence-corrected chi connectivity index (χ3v) is 3.42. The minimum atomic E-state index is 0.00505. The van der Waals surface area contributed by atoms with Gasteiger partial charge in [-0.2, -0.15) is 4.98 Å². The fraction of sp³-hybridized carbons (Fsp3) is 0.833. The van der Waals surface area contributed by atoms with Crippen LogP contribution in [0.25, 0.3) is 0 Å². The van der Waals surface area contributed by atoms with Crippen molar-refractivity contribution in [1.82, 2.24) is 10.1 Å². The number of aromatic nitrogens is 2. The van der Waals surface area contributed by atoms with E-state index in [9.17, 15) is 0 Å². The summed E-state index contributed by atoms with van der Waals surface area (Å²) in [6.07, 6.45) is 4.20. The summed E-state index contributed by atoms with van der Waals surface area (Å²) in [7, 11) is 1.70. The van der Waals surface area contributed by atoms with E-state index in [4.69, 9.17) is 15.0 Å². The third-order valence-electron chi connectivity index (χ3n) is 3.42. The molecule has 1 heterocycles. The van der Waals surface area contributed by atoms with Crippen molar-refractivity contribution >= 4 is 0 Å². The van der Waals surface area contributed by atoms with Gasteiger partial charge in [0.2, 0.25) is 11.7 Å². The Balaban J connectivity index is 1.99. The Hall–Kier alpha value is -0.940. The number of nitrogens with two attached hydrogens (primary N) is 1.